The van der Waals surface area contributed by atoms with E-state index in [1.54, 1.807) is 11.9 Å². The highest BCUT2D eigenvalue weighted by Gasteiger charge is 2.44. The largest absolute Gasteiger partial charge is 0.441 e. The van der Waals surface area contributed by atoms with Crippen molar-refractivity contribution in [1.29, 1.82) is 0 Å². The van der Waals surface area contributed by atoms with Gasteiger partial charge in [0.1, 0.15) is 5.60 Å². The zero-order chi connectivity index (χ0) is 17.4. The second-order valence-corrected chi connectivity index (χ2v) is 7.46. The average molecular weight is 343 g/mol. The van der Waals surface area contributed by atoms with E-state index >= 15 is 0 Å². The van der Waals surface area contributed by atoms with Crippen LogP contribution in [0.1, 0.15) is 24.8 Å². The molecule has 25 heavy (non-hydrogen) atoms. The summed E-state index contributed by atoms with van der Waals surface area (Å²) in [6.07, 6.45) is 3.34. The number of anilines is 1. The Balaban J connectivity index is 1.38. The maximum atomic E-state index is 12.8. The van der Waals surface area contributed by atoms with Crippen LogP contribution in [0.15, 0.2) is 24.3 Å². The van der Waals surface area contributed by atoms with Gasteiger partial charge in [0.15, 0.2) is 0 Å². The van der Waals surface area contributed by atoms with Crippen molar-refractivity contribution >= 4 is 17.7 Å². The molecule has 6 heteroatoms. The summed E-state index contributed by atoms with van der Waals surface area (Å²) in [5, 5.41) is 0. The fraction of sp³-hybridized carbons (Fsp3) is 0.579. The van der Waals surface area contributed by atoms with Crippen molar-refractivity contribution in [2.45, 2.75) is 31.3 Å². The van der Waals surface area contributed by atoms with E-state index in [1.807, 2.05) is 23.1 Å². The number of amides is 2. The topological polar surface area (TPSA) is 53.1 Å². The van der Waals surface area contributed by atoms with E-state index in [2.05, 4.69) is 11.0 Å². The molecule has 2 saturated heterocycles. The summed E-state index contributed by atoms with van der Waals surface area (Å²) >= 11 is 0. The molecule has 0 unspecified atom stereocenters. The molecule has 0 N–H and O–H groups in total. The number of para-hydroxylation sites is 1. The Morgan fingerprint density at radius 1 is 1.20 bits per heavy atom. The number of likely N-dealkylation sites (tertiary alicyclic amines) is 1. The van der Waals surface area contributed by atoms with Crippen LogP contribution in [0.4, 0.5) is 10.5 Å². The Bertz CT molecular complexity index is 692. The second-order valence-electron chi connectivity index (χ2n) is 7.46. The lowest BCUT2D eigenvalue weighted by molar-refractivity contribution is -0.119. The van der Waals surface area contributed by atoms with Gasteiger partial charge in [-0.3, -0.25) is 9.69 Å². The lowest BCUT2D eigenvalue weighted by atomic mass is 9.95. The van der Waals surface area contributed by atoms with Crippen LogP contribution in [0.2, 0.25) is 0 Å². The molecule has 2 fully saturated rings. The zero-order valence-corrected chi connectivity index (χ0v) is 14.7. The number of nitrogens with zero attached hydrogens (tertiary/aromatic N) is 3. The standard InChI is InChI=1S/C19H25N3O3/c1-20-14-19(25-18(20)24)8-4-10-21(12-9-19)13-17(23)22-11-7-15-5-2-3-6-16(15)22/h2-3,5-6H,4,7-14H2,1H3/t19-/m1/s1. The second kappa shape index (κ2) is 6.33. The highest BCUT2D eigenvalue weighted by Crippen LogP contribution is 2.33. The van der Waals surface area contributed by atoms with Gasteiger partial charge >= 0.3 is 6.09 Å². The Morgan fingerprint density at radius 2 is 2.04 bits per heavy atom. The number of hydrogen-bond acceptors (Lipinski definition) is 4. The van der Waals surface area contributed by atoms with Crippen molar-refractivity contribution < 1.29 is 14.3 Å². The molecule has 0 radical (unpaired) electrons. The van der Waals surface area contributed by atoms with Crippen molar-refractivity contribution in [2.75, 3.05) is 44.7 Å². The van der Waals surface area contributed by atoms with Crippen molar-refractivity contribution in [1.82, 2.24) is 9.80 Å². The highest BCUT2D eigenvalue weighted by molar-refractivity contribution is 5.96. The Morgan fingerprint density at radius 3 is 2.84 bits per heavy atom. The maximum Gasteiger partial charge on any atom is 0.410 e. The molecule has 1 aromatic rings. The molecule has 3 aliphatic rings. The van der Waals surface area contributed by atoms with E-state index < -0.39 is 0 Å². The highest BCUT2D eigenvalue weighted by atomic mass is 16.6. The molecule has 1 atom stereocenters. The minimum atomic E-state index is -0.357. The van der Waals surface area contributed by atoms with Gasteiger partial charge in [0.05, 0.1) is 13.1 Å². The molecular formula is C19H25N3O3. The molecular weight excluding hydrogens is 318 g/mol. The van der Waals surface area contributed by atoms with Crippen molar-refractivity contribution in [3.63, 3.8) is 0 Å². The van der Waals surface area contributed by atoms with Crippen LogP contribution in [0.25, 0.3) is 0 Å². The molecule has 4 rings (SSSR count). The molecule has 134 valence electrons. The van der Waals surface area contributed by atoms with E-state index in [0.29, 0.717) is 13.1 Å². The van der Waals surface area contributed by atoms with Gasteiger partial charge in [-0.2, -0.15) is 0 Å². The summed E-state index contributed by atoms with van der Waals surface area (Å²) in [5.74, 6) is 0.168. The minimum absolute atomic E-state index is 0.168. The summed E-state index contributed by atoms with van der Waals surface area (Å²) in [4.78, 5) is 30.3. The number of carbonyl (C=O) groups excluding carboxylic acids is 2. The van der Waals surface area contributed by atoms with Gasteiger partial charge in [-0.15, -0.1) is 0 Å². The summed E-state index contributed by atoms with van der Waals surface area (Å²) in [6.45, 7) is 3.55. The van der Waals surface area contributed by atoms with E-state index in [4.69, 9.17) is 4.74 Å². The van der Waals surface area contributed by atoms with Crippen molar-refractivity contribution in [2.24, 2.45) is 0 Å². The van der Waals surface area contributed by atoms with Crippen molar-refractivity contribution in [3.05, 3.63) is 29.8 Å². The van der Waals surface area contributed by atoms with Gasteiger partial charge in [0.25, 0.3) is 0 Å². The van der Waals surface area contributed by atoms with Crippen LogP contribution in [-0.2, 0) is 16.0 Å². The molecule has 3 heterocycles. The van der Waals surface area contributed by atoms with E-state index in [9.17, 15) is 9.59 Å². The first-order valence-electron chi connectivity index (χ1n) is 9.11. The molecule has 0 saturated carbocycles. The lowest BCUT2D eigenvalue weighted by Gasteiger charge is -2.26. The van der Waals surface area contributed by atoms with E-state index in [0.717, 1.165) is 51.0 Å². The summed E-state index contributed by atoms with van der Waals surface area (Å²) in [7, 11) is 1.79. The van der Waals surface area contributed by atoms with E-state index in [1.165, 1.54) is 5.56 Å². The van der Waals surface area contributed by atoms with Crippen molar-refractivity contribution in [3.8, 4) is 0 Å². The van der Waals surface area contributed by atoms with E-state index in [-0.39, 0.29) is 17.6 Å². The van der Waals surface area contributed by atoms with Crippen LogP contribution in [0, 0.1) is 0 Å². The zero-order valence-electron chi connectivity index (χ0n) is 14.7. The van der Waals surface area contributed by atoms with Crippen LogP contribution < -0.4 is 4.90 Å². The first kappa shape index (κ1) is 16.4. The van der Waals surface area contributed by atoms with Gasteiger partial charge in [0, 0.05) is 32.2 Å². The van der Waals surface area contributed by atoms with Crippen LogP contribution in [0.3, 0.4) is 0 Å². The Hall–Kier alpha value is -2.08. The first-order chi connectivity index (χ1) is 12.1. The summed E-state index contributed by atoms with van der Waals surface area (Å²) < 4.78 is 5.65. The predicted octanol–water partition coefficient (Wildman–Crippen LogP) is 1.88. The third-order valence-electron chi connectivity index (χ3n) is 5.68. The smallest absolute Gasteiger partial charge is 0.410 e. The third-order valence-corrected chi connectivity index (χ3v) is 5.68. The average Bonchev–Trinajstić information content (AvgIpc) is 3.08. The SMILES string of the molecule is CN1C[C@]2(CCCN(CC(=O)N3CCc4ccccc43)CC2)OC1=O. The molecule has 0 aromatic heterocycles. The Labute approximate surface area is 148 Å². The van der Waals surface area contributed by atoms with Gasteiger partial charge in [0.2, 0.25) is 5.91 Å². The molecule has 6 nitrogen and oxygen atoms in total. The molecule has 3 aliphatic heterocycles. The summed E-state index contributed by atoms with van der Waals surface area (Å²) in [5.41, 5.74) is 1.96. The molecule has 1 spiro atoms. The number of rotatable bonds is 2. The summed E-state index contributed by atoms with van der Waals surface area (Å²) in [6, 6.07) is 8.15. The fourth-order valence-electron chi connectivity index (χ4n) is 4.31. The number of fused-ring (bicyclic) bond motifs is 1. The van der Waals surface area contributed by atoms with Gasteiger partial charge in [-0.25, -0.2) is 4.79 Å². The van der Waals surface area contributed by atoms with Crippen LogP contribution in [-0.4, -0.2) is 67.2 Å². The van der Waals surface area contributed by atoms with Gasteiger partial charge < -0.3 is 14.5 Å². The fourth-order valence-corrected chi connectivity index (χ4v) is 4.31. The maximum absolute atomic E-state index is 12.8. The van der Waals surface area contributed by atoms with Crippen LogP contribution in [0.5, 0.6) is 0 Å². The monoisotopic (exact) mass is 343 g/mol. The number of likely N-dealkylation sites (N-methyl/N-ethyl adjacent to an activating group) is 1. The third kappa shape index (κ3) is 3.11. The number of benzene rings is 1. The lowest BCUT2D eigenvalue weighted by Crippen LogP contribution is -2.41. The Kier molecular flexibility index (Phi) is 4.15. The number of ether oxygens (including phenoxy) is 1. The molecule has 2 amide bonds. The number of hydrogen-bond donors (Lipinski definition) is 0. The molecule has 0 aliphatic carbocycles. The number of carbonyl (C=O) groups is 2. The minimum Gasteiger partial charge on any atom is -0.441 e. The first-order valence-corrected chi connectivity index (χ1v) is 9.11. The normalized spacial score (nSPS) is 26.7. The molecule has 0 bridgehead atoms. The van der Waals surface area contributed by atoms with Gasteiger partial charge in [-0.1, -0.05) is 18.2 Å². The van der Waals surface area contributed by atoms with Crippen LogP contribution >= 0.6 is 0 Å². The quantitative estimate of drug-likeness (QED) is 0.823. The predicted molar refractivity (Wildman–Crippen MR) is 94.6 cm³/mol. The molecule has 1 aromatic carbocycles. The van der Waals surface area contributed by atoms with Gasteiger partial charge in [-0.05, 0) is 37.4 Å².